The Labute approximate surface area is 528 Å². The summed E-state index contributed by atoms with van der Waals surface area (Å²) in [5, 5.41) is 14.0. The van der Waals surface area contributed by atoms with Gasteiger partial charge in [0.15, 0.2) is 0 Å². The fourth-order valence-corrected chi connectivity index (χ4v) is 11.2. The summed E-state index contributed by atoms with van der Waals surface area (Å²) in [5.41, 5.74) is 0. The van der Waals surface area contributed by atoms with Gasteiger partial charge in [0.1, 0.15) is 13.2 Å². The van der Waals surface area contributed by atoms with E-state index >= 15 is 0 Å². The van der Waals surface area contributed by atoms with Crippen molar-refractivity contribution >= 4 is 13.7 Å². The van der Waals surface area contributed by atoms with Gasteiger partial charge in [-0.1, -0.05) is 336 Å². The maximum atomic E-state index is 13.0. The van der Waals surface area contributed by atoms with Crippen molar-refractivity contribution in [3.8, 4) is 0 Å². The molecule has 0 fully saturated rings. The Morgan fingerprint density at radius 3 is 1.09 bits per heavy atom. The van der Waals surface area contributed by atoms with Crippen molar-refractivity contribution in [2.75, 3.05) is 40.9 Å². The summed E-state index contributed by atoms with van der Waals surface area (Å²) >= 11 is 0. The van der Waals surface area contributed by atoms with Crippen LogP contribution in [0.5, 0.6) is 0 Å². The van der Waals surface area contributed by atoms with Gasteiger partial charge in [0, 0.05) is 6.42 Å². The van der Waals surface area contributed by atoms with Gasteiger partial charge in [-0.05, 0) is 83.5 Å². The van der Waals surface area contributed by atoms with Crippen LogP contribution in [-0.4, -0.2) is 68.5 Å². The van der Waals surface area contributed by atoms with E-state index in [1.807, 2.05) is 27.2 Å². The average Bonchev–Trinajstić information content (AvgIpc) is 3.49. The first-order chi connectivity index (χ1) is 41.5. The quantitative estimate of drug-likeness (QED) is 0.0272. The number of phosphoric ester groups is 1. The van der Waals surface area contributed by atoms with Gasteiger partial charge < -0.3 is 28.8 Å². The smallest absolute Gasteiger partial charge is 0.268 e. The lowest BCUT2D eigenvalue weighted by atomic mass is 10.0. The number of nitrogens with one attached hydrogen (secondary N) is 1. The molecule has 0 aromatic carbocycles. The minimum atomic E-state index is -4.62. The highest BCUT2D eigenvalue weighted by Crippen LogP contribution is 2.38. The van der Waals surface area contributed by atoms with Gasteiger partial charge in [-0.15, -0.1) is 0 Å². The van der Waals surface area contributed by atoms with Crippen LogP contribution in [0.1, 0.15) is 328 Å². The summed E-state index contributed by atoms with van der Waals surface area (Å²) in [5.74, 6) is -0.205. The number of phosphoric acid groups is 1. The largest absolute Gasteiger partial charge is 0.756 e. The number of carbonyl (C=O) groups excluding carboxylic acids is 1. The molecule has 0 spiro atoms. The lowest BCUT2D eigenvalue weighted by molar-refractivity contribution is -0.870. The number of likely N-dealkylation sites (N-methyl/N-ethyl adjacent to an activating group) is 1. The van der Waals surface area contributed by atoms with Crippen LogP contribution in [0.3, 0.4) is 0 Å². The SMILES string of the molecule is CC/C=C\C/C=C\C/C=C\C/C=C\C/C=C\C/C=C\CCCCCCCCCCCCCCCCCCCCC(=O)NC(COP(=O)([O-])OCC[N+](C)(C)C)C(O)/C=C/CC/C=C/CCCCCCCCCCCCCCCCCCCCCC. The number of aliphatic hydroxyl groups is 1. The minimum Gasteiger partial charge on any atom is -0.756 e. The van der Waals surface area contributed by atoms with Gasteiger partial charge in [-0.3, -0.25) is 9.36 Å². The Kier molecular flexibility index (Phi) is 63.9. The summed E-state index contributed by atoms with van der Waals surface area (Å²) in [4.78, 5) is 25.6. The van der Waals surface area contributed by atoms with Crippen LogP contribution in [-0.2, 0) is 18.4 Å². The first-order valence-corrected chi connectivity index (χ1v) is 37.6. The molecule has 3 unspecified atom stereocenters. The highest BCUT2D eigenvalue weighted by atomic mass is 31.2. The molecule has 494 valence electrons. The predicted octanol–water partition coefficient (Wildman–Crippen LogP) is 22.6. The van der Waals surface area contributed by atoms with Crippen LogP contribution in [0, 0.1) is 0 Å². The number of aliphatic hydroxyl groups excluding tert-OH is 1. The predicted molar refractivity (Wildman–Crippen MR) is 371 cm³/mol. The van der Waals surface area contributed by atoms with E-state index in [1.54, 1.807) is 6.08 Å². The highest BCUT2D eigenvalue weighted by Gasteiger charge is 2.23. The molecular formula is C76H139N2O6P. The Bertz CT molecular complexity index is 1710. The summed E-state index contributed by atoms with van der Waals surface area (Å²) in [6, 6.07) is -0.909. The maximum Gasteiger partial charge on any atom is 0.268 e. The van der Waals surface area contributed by atoms with Crippen molar-refractivity contribution in [2.45, 2.75) is 341 Å². The van der Waals surface area contributed by atoms with E-state index in [1.165, 1.54) is 231 Å². The van der Waals surface area contributed by atoms with Gasteiger partial charge in [-0.2, -0.15) is 0 Å². The van der Waals surface area contributed by atoms with Crippen molar-refractivity contribution in [1.29, 1.82) is 0 Å². The number of nitrogens with zero attached hydrogens (tertiary/aromatic N) is 1. The van der Waals surface area contributed by atoms with Crippen molar-refractivity contribution in [3.05, 3.63) is 97.2 Å². The Hall–Kier alpha value is -2.58. The van der Waals surface area contributed by atoms with Crippen molar-refractivity contribution in [1.82, 2.24) is 5.32 Å². The molecule has 0 saturated carbocycles. The first-order valence-electron chi connectivity index (χ1n) is 36.1. The van der Waals surface area contributed by atoms with E-state index in [2.05, 4.69) is 104 Å². The zero-order valence-electron chi connectivity index (χ0n) is 56.5. The van der Waals surface area contributed by atoms with Crippen LogP contribution in [0.15, 0.2) is 97.2 Å². The van der Waals surface area contributed by atoms with Gasteiger partial charge >= 0.3 is 0 Å². The fraction of sp³-hybridized carbons (Fsp3) is 0.776. The molecule has 85 heavy (non-hydrogen) atoms. The molecule has 0 aromatic heterocycles. The van der Waals surface area contributed by atoms with Crippen LogP contribution in [0.25, 0.3) is 0 Å². The minimum absolute atomic E-state index is 0.00799. The molecule has 0 aromatic rings. The molecule has 0 bridgehead atoms. The number of allylic oxidation sites excluding steroid dienone is 15. The van der Waals surface area contributed by atoms with Gasteiger partial charge in [-0.25, -0.2) is 0 Å². The highest BCUT2D eigenvalue weighted by molar-refractivity contribution is 7.45. The monoisotopic (exact) mass is 1210 g/mol. The second-order valence-corrected chi connectivity index (χ2v) is 27.0. The Morgan fingerprint density at radius 2 is 0.729 bits per heavy atom. The fourth-order valence-electron chi connectivity index (χ4n) is 10.5. The van der Waals surface area contributed by atoms with E-state index in [4.69, 9.17) is 9.05 Å². The molecule has 2 N–H and O–H groups in total. The van der Waals surface area contributed by atoms with Crippen LogP contribution in [0.2, 0.25) is 0 Å². The van der Waals surface area contributed by atoms with Crippen molar-refractivity contribution in [2.24, 2.45) is 0 Å². The maximum absolute atomic E-state index is 13.0. The zero-order chi connectivity index (χ0) is 61.9. The Morgan fingerprint density at radius 1 is 0.424 bits per heavy atom. The number of unbranched alkanes of at least 4 members (excludes halogenated alkanes) is 39. The Balaban J connectivity index is 4.06. The van der Waals surface area contributed by atoms with Gasteiger partial charge in [0.25, 0.3) is 7.82 Å². The summed E-state index contributed by atoms with van der Waals surface area (Å²) < 4.78 is 23.5. The molecule has 0 aliphatic heterocycles. The molecule has 1 amide bonds. The lowest BCUT2D eigenvalue weighted by Gasteiger charge is -2.29. The van der Waals surface area contributed by atoms with Crippen molar-refractivity contribution in [3.63, 3.8) is 0 Å². The summed E-state index contributed by atoms with van der Waals surface area (Å²) in [6.07, 6.45) is 95.4. The van der Waals surface area contributed by atoms with E-state index < -0.39 is 26.6 Å². The summed E-state index contributed by atoms with van der Waals surface area (Å²) in [6.45, 7) is 4.55. The van der Waals surface area contributed by atoms with E-state index in [0.29, 0.717) is 17.4 Å². The van der Waals surface area contributed by atoms with Crippen molar-refractivity contribution < 1.29 is 32.9 Å². The standard InChI is InChI=1S/C76H139N2O6P/c1-6-8-10-12-14-16-18-20-22-24-26-28-30-32-34-35-36-37-38-39-40-41-42-43-44-46-48-50-52-54-56-58-60-62-64-66-68-70-76(80)77-74(73-84-85(81,82)83-72-71-78(3,4)5)75(79)69-67-65-63-61-59-57-55-53-51-49-47-45-33-31-29-27-25-23-21-19-17-15-13-11-9-7-2/h8,10,14,16,20,22,26,28,32,34,36-37,59,61,67,69,74-75,79H,6-7,9,11-13,15,17-19,21,23-25,27,29-31,33,35,38-58,60,62-66,68,70-73H2,1-5H3,(H-,77,80,81,82)/b10-8-,16-14-,22-20-,28-26-,34-32-,37-36-,61-59+,69-67+. The van der Waals surface area contributed by atoms with E-state index in [-0.39, 0.29) is 12.5 Å². The van der Waals surface area contributed by atoms with E-state index in [9.17, 15) is 19.4 Å². The molecule has 0 heterocycles. The third-order valence-electron chi connectivity index (χ3n) is 16.0. The summed E-state index contributed by atoms with van der Waals surface area (Å²) in [7, 11) is 1.25. The molecule has 0 aliphatic carbocycles. The molecule has 8 nitrogen and oxygen atoms in total. The van der Waals surface area contributed by atoms with Gasteiger partial charge in [0.2, 0.25) is 5.91 Å². The molecule has 3 atom stereocenters. The van der Waals surface area contributed by atoms with Crippen LogP contribution in [0.4, 0.5) is 0 Å². The third-order valence-corrected chi connectivity index (χ3v) is 17.0. The first kappa shape index (κ1) is 82.4. The number of hydrogen-bond acceptors (Lipinski definition) is 6. The third kappa shape index (κ3) is 68.8. The molecular weight excluding hydrogens is 1070 g/mol. The second kappa shape index (κ2) is 65.9. The number of hydrogen-bond donors (Lipinski definition) is 2. The van der Waals surface area contributed by atoms with Crippen LogP contribution < -0.4 is 10.2 Å². The lowest BCUT2D eigenvalue weighted by Crippen LogP contribution is -2.45. The molecule has 0 radical (unpaired) electrons. The number of amides is 1. The number of quaternary nitrogens is 1. The van der Waals surface area contributed by atoms with E-state index in [0.717, 1.165) is 77.0 Å². The van der Waals surface area contributed by atoms with Gasteiger partial charge in [0.05, 0.1) is 39.9 Å². The second-order valence-electron chi connectivity index (χ2n) is 25.6. The van der Waals surface area contributed by atoms with Crippen LogP contribution >= 0.6 is 7.82 Å². The topological polar surface area (TPSA) is 108 Å². The molecule has 9 heteroatoms. The normalized spacial score (nSPS) is 14.2. The molecule has 0 saturated heterocycles. The zero-order valence-corrected chi connectivity index (χ0v) is 57.4. The molecule has 0 rings (SSSR count). The molecule has 0 aliphatic rings. The average molecular weight is 1210 g/mol. The number of rotatable bonds is 66. The number of carbonyl (C=O) groups is 1.